The van der Waals surface area contributed by atoms with Crippen LogP contribution in [0, 0.1) is 0 Å². The molecule has 3 aromatic rings. The number of aromatic hydroxyl groups is 1. The van der Waals surface area contributed by atoms with Crippen molar-refractivity contribution >= 4 is 33.3 Å². The van der Waals surface area contributed by atoms with E-state index in [0.717, 1.165) is 5.56 Å². The lowest BCUT2D eigenvalue weighted by atomic mass is 10.2. The number of nitrogens with zero attached hydrogens (tertiary/aromatic N) is 1. The minimum Gasteiger partial charge on any atom is -0.503 e. The molecule has 5 nitrogen and oxygen atoms in total. The Hall–Kier alpha value is -2.99. The van der Waals surface area contributed by atoms with E-state index in [9.17, 15) is 9.90 Å². The van der Waals surface area contributed by atoms with E-state index in [0.29, 0.717) is 16.8 Å². The largest absolute Gasteiger partial charge is 0.503 e. The minimum absolute atomic E-state index is 0.155. The van der Waals surface area contributed by atoms with Crippen LogP contribution in [-0.2, 0) is 6.61 Å². The number of phenols is 1. The molecule has 26 heavy (non-hydrogen) atoms. The number of para-hydroxylation sites is 2. The summed E-state index contributed by atoms with van der Waals surface area (Å²) in [6.07, 6.45) is 0. The molecule has 0 radical (unpaired) electrons. The fourth-order valence-corrected chi connectivity index (χ4v) is 3.01. The molecule has 0 fully saturated rings. The van der Waals surface area contributed by atoms with Gasteiger partial charge in [0.25, 0.3) is 0 Å². The van der Waals surface area contributed by atoms with Crippen LogP contribution in [0.3, 0.4) is 0 Å². The molecule has 0 aliphatic heterocycles. The molecule has 0 aliphatic carbocycles. The van der Waals surface area contributed by atoms with Crippen molar-refractivity contribution in [2.75, 3.05) is 4.90 Å². The summed E-state index contributed by atoms with van der Waals surface area (Å²) < 4.78 is 6.39. The maximum atomic E-state index is 12.1. The summed E-state index contributed by atoms with van der Waals surface area (Å²) in [5, 5.41) is 10.6. The molecule has 3 aromatic carbocycles. The van der Waals surface area contributed by atoms with Crippen LogP contribution in [-0.4, -0.2) is 11.1 Å². The number of carbonyl (C=O) groups is 1. The van der Waals surface area contributed by atoms with Gasteiger partial charge >= 0.3 is 6.03 Å². The topological polar surface area (TPSA) is 75.8 Å². The summed E-state index contributed by atoms with van der Waals surface area (Å²) >= 11 is 3.40. The van der Waals surface area contributed by atoms with Crippen LogP contribution in [0.1, 0.15) is 5.56 Å². The third-order valence-corrected chi connectivity index (χ3v) is 4.44. The number of halogens is 1. The predicted molar refractivity (Wildman–Crippen MR) is 105 cm³/mol. The number of hydrogen-bond donors (Lipinski definition) is 2. The summed E-state index contributed by atoms with van der Waals surface area (Å²) in [5.74, 6) is 0.114. The number of carbonyl (C=O) groups excluding carboxylic acids is 1. The fraction of sp³-hybridized carbons (Fsp3) is 0.0500. The van der Waals surface area contributed by atoms with Crippen LogP contribution in [0.15, 0.2) is 77.3 Å². The van der Waals surface area contributed by atoms with E-state index in [1.807, 2.05) is 36.4 Å². The Morgan fingerprint density at radius 2 is 1.62 bits per heavy atom. The number of urea groups is 1. The number of nitrogens with two attached hydrogens (primary N) is 1. The molecule has 0 aliphatic rings. The molecule has 0 heterocycles. The van der Waals surface area contributed by atoms with Crippen LogP contribution < -0.4 is 15.4 Å². The van der Waals surface area contributed by atoms with Gasteiger partial charge in [0.1, 0.15) is 6.61 Å². The Kier molecular flexibility index (Phi) is 5.43. The molecule has 6 heteroatoms. The van der Waals surface area contributed by atoms with Crippen LogP contribution in [0.25, 0.3) is 0 Å². The summed E-state index contributed by atoms with van der Waals surface area (Å²) in [6.45, 7) is 0.295. The van der Waals surface area contributed by atoms with Crippen molar-refractivity contribution in [1.29, 1.82) is 0 Å². The monoisotopic (exact) mass is 412 g/mol. The number of benzene rings is 3. The minimum atomic E-state index is -0.715. The van der Waals surface area contributed by atoms with Gasteiger partial charge in [-0.3, -0.25) is 4.90 Å². The quantitative estimate of drug-likeness (QED) is 0.622. The molecule has 0 spiro atoms. The lowest BCUT2D eigenvalue weighted by Crippen LogP contribution is -2.31. The molecular weight excluding hydrogens is 396 g/mol. The maximum Gasteiger partial charge on any atom is 0.324 e. The van der Waals surface area contributed by atoms with Crippen molar-refractivity contribution in [3.8, 4) is 11.5 Å². The first-order valence-electron chi connectivity index (χ1n) is 7.90. The first-order chi connectivity index (χ1) is 12.6. The van der Waals surface area contributed by atoms with Gasteiger partial charge < -0.3 is 15.6 Å². The van der Waals surface area contributed by atoms with Crippen molar-refractivity contribution in [2.24, 2.45) is 5.73 Å². The van der Waals surface area contributed by atoms with E-state index in [-0.39, 0.29) is 17.2 Å². The molecule has 0 bridgehead atoms. The van der Waals surface area contributed by atoms with Crippen LogP contribution in [0.5, 0.6) is 11.5 Å². The third kappa shape index (κ3) is 3.81. The van der Waals surface area contributed by atoms with Crippen LogP contribution in [0.2, 0.25) is 0 Å². The molecule has 2 amide bonds. The number of amides is 2. The number of anilines is 2. The summed E-state index contributed by atoms with van der Waals surface area (Å²) in [5.41, 5.74) is 7.30. The number of hydrogen-bond acceptors (Lipinski definition) is 3. The summed E-state index contributed by atoms with van der Waals surface area (Å²) in [7, 11) is 0. The second-order valence-corrected chi connectivity index (χ2v) is 6.38. The molecule has 0 saturated heterocycles. The molecular formula is C20H17BrN2O3. The Labute approximate surface area is 159 Å². The average molecular weight is 413 g/mol. The van der Waals surface area contributed by atoms with Crippen molar-refractivity contribution < 1.29 is 14.6 Å². The lowest BCUT2D eigenvalue weighted by molar-refractivity contribution is 0.255. The predicted octanol–water partition coefficient (Wildman–Crippen LogP) is 4.95. The first kappa shape index (κ1) is 17.8. The van der Waals surface area contributed by atoms with E-state index in [4.69, 9.17) is 10.5 Å². The summed E-state index contributed by atoms with van der Waals surface area (Å²) in [6, 6.07) is 21.0. The molecule has 0 aromatic heterocycles. The number of rotatable bonds is 5. The highest BCUT2D eigenvalue weighted by Gasteiger charge is 2.22. The van der Waals surface area contributed by atoms with E-state index < -0.39 is 6.03 Å². The van der Waals surface area contributed by atoms with Crippen molar-refractivity contribution in [3.05, 3.63) is 82.8 Å². The number of phenolic OH excluding ortho intramolecular Hbond substituents is 1. The zero-order valence-corrected chi connectivity index (χ0v) is 15.4. The van der Waals surface area contributed by atoms with Gasteiger partial charge in [-0.05, 0) is 45.8 Å². The Balaban J connectivity index is 1.94. The van der Waals surface area contributed by atoms with Gasteiger partial charge in [0.15, 0.2) is 11.5 Å². The third-order valence-electron chi connectivity index (χ3n) is 3.77. The van der Waals surface area contributed by atoms with E-state index in [1.54, 1.807) is 36.4 Å². The van der Waals surface area contributed by atoms with Gasteiger partial charge in [0.05, 0.1) is 11.4 Å². The first-order valence-corrected chi connectivity index (χ1v) is 8.70. The molecule has 3 N–H and O–H groups in total. The lowest BCUT2D eigenvalue weighted by Gasteiger charge is -2.23. The molecule has 0 saturated carbocycles. The van der Waals surface area contributed by atoms with Crippen molar-refractivity contribution in [3.63, 3.8) is 0 Å². The normalized spacial score (nSPS) is 10.3. The fourth-order valence-electron chi connectivity index (χ4n) is 2.54. The van der Waals surface area contributed by atoms with Crippen molar-refractivity contribution in [1.82, 2.24) is 0 Å². The summed E-state index contributed by atoms with van der Waals surface area (Å²) in [4.78, 5) is 13.3. The molecule has 0 atom stereocenters. The highest BCUT2D eigenvalue weighted by atomic mass is 79.9. The molecule has 3 rings (SSSR count). The van der Waals surface area contributed by atoms with Gasteiger partial charge in [0, 0.05) is 4.47 Å². The standard InChI is InChI=1S/C20H17BrN2O3/c21-15-9-4-5-10-16(15)23(20(22)25)17-11-6-12-18(19(17)24)26-13-14-7-2-1-3-8-14/h1-12,24H,13H2,(H2,22,25). The van der Waals surface area contributed by atoms with Gasteiger partial charge in [-0.15, -0.1) is 0 Å². The SMILES string of the molecule is NC(=O)N(c1ccccc1Br)c1cccc(OCc2ccccc2)c1O. The van der Waals surface area contributed by atoms with Gasteiger partial charge in [-0.25, -0.2) is 4.79 Å². The number of primary amides is 1. The Morgan fingerprint density at radius 1 is 0.962 bits per heavy atom. The highest BCUT2D eigenvalue weighted by Crippen LogP contribution is 2.41. The van der Waals surface area contributed by atoms with Gasteiger partial charge in [-0.2, -0.15) is 0 Å². The van der Waals surface area contributed by atoms with Gasteiger partial charge in [-0.1, -0.05) is 48.5 Å². The zero-order chi connectivity index (χ0) is 18.5. The van der Waals surface area contributed by atoms with E-state index >= 15 is 0 Å². The van der Waals surface area contributed by atoms with Gasteiger partial charge in [0.2, 0.25) is 0 Å². The van der Waals surface area contributed by atoms with Crippen LogP contribution >= 0.6 is 15.9 Å². The van der Waals surface area contributed by atoms with E-state index in [2.05, 4.69) is 15.9 Å². The zero-order valence-electron chi connectivity index (χ0n) is 13.8. The van der Waals surface area contributed by atoms with Crippen molar-refractivity contribution in [2.45, 2.75) is 6.61 Å². The molecule has 0 unspecified atom stereocenters. The number of ether oxygens (including phenoxy) is 1. The second kappa shape index (κ2) is 7.93. The Morgan fingerprint density at radius 3 is 2.31 bits per heavy atom. The second-order valence-electron chi connectivity index (χ2n) is 5.52. The average Bonchev–Trinajstić information content (AvgIpc) is 2.64. The highest BCUT2D eigenvalue weighted by molar-refractivity contribution is 9.10. The van der Waals surface area contributed by atoms with Crippen LogP contribution in [0.4, 0.5) is 16.2 Å². The van der Waals surface area contributed by atoms with E-state index in [1.165, 1.54) is 4.90 Å². The smallest absolute Gasteiger partial charge is 0.324 e. The Bertz CT molecular complexity index is 916. The maximum absolute atomic E-state index is 12.1. The molecule has 132 valence electrons.